The third-order valence-corrected chi connectivity index (χ3v) is 6.24. The van der Waals surface area contributed by atoms with E-state index in [0.717, 1.165) is 11.3 Å². The molecule has 0 saturated carbocycles. The third-order valence-electron chi connectivity index (χ3n) is 4.45. The Bertz CT molecular complexity index is 902. The van der Waals surface area contributed by atoms with E-state index in [-0.39, 0.29) is 17.5 Å². The Morgan fingerprint density at radius 3 is 2.54 bits per heavy atom. The number of hydrogen-bond acceptors (Lipinski definition) is 6. The molecule has 0 unspecified atom stereocenters. The molecular formula is C18H25N5O4S. The summed E-state index contributed by atoms with van der Waals surface area (Å²) in [5.74, 6) is -0.218. The van der Waals surface area contributed by atoms with Gasteiger partial charge in [-0.05, 0) is 17.7 Å². The molecule has 0 spiro atoms. The zero-order valence-corrected chi connectivity index (χ0v) is 16.9. The molecule has 2 heterocycles. The summed E-state index contributed by atoms with van der Waals surface area (Å²) in [6.45, 7) is 1.77. The molecule has 1 aliphatic heterocycles. The molecule has 0 atom stereocenters. The lowest BCUT2D eigenvalue weighted by molar-refractivity contribution is -0.121. The maximum absolute atomic E-state index is 12.6. The Morgan fingerprint density at radius 2 is 1.89 bits per heavy atom. The summed E-state index contributed by atoms with van der Waals surface area (Å²) >= 11 is 0. The number of hydrogen-bond donors (Lipinski definition) is 1. The van der Waals surface area contributed by atoms with Crippen LogP contribution in [-0.2, 0) is 32.6 Å². The lowest BCUT2D eigenvalue weighted by Crippen LogP contribution is -2.40. The number of ether oxygens (including phenoxy) is 1. The van der Waals surface area contributed by atoms with Crippen molar-refractivity contribution < 1.29 is 17.9 Å². The zero-order valence-electron chi connectivity index (χ0n) is 16.0. The molecule has 1 saturated heterocycles. The molecule has 2 aromatic rings. The van der Waals surface area contributed by atoms with Crippen LogP contribution in [0.25, 0.3) is 0 Å². The van der Waals surface area contributed by atoms with Crippen LogP contribution < -0.4 is 10.2 Å². The maximum atomic E-state index is 12.6. The Balaban J connectivity index is 1.55. The summed E-state index contributed by atoms with van der Waals surface area (Å²) < 4.78 is 33.1. The van der Waals surface area contributed by atoms with Crippen LogP contribution in [-0.4, -0.2) is 68.6 Å². The van der Waals surface area contributed by atoms with Gasteiger partial charge in [-0.25, -0.2) is 13.4 Å². The SMILES string of the molecule is CN(C)c1ccc(CNC(=O)Cn2cnc(S(=O)(=O)N3CCOCC3)c2)cc1. The molecule has 28 heavy (non-hydrogen) atoms. The molecule has 1 N–H and O–H groups in total. The summed E-state index contributed by atoms with van der Waals surface area (Å²) in [7, 11) is 0.278. The highest BCUT2D eigenvalue weighted by Crippen LogP contribution is 2.15. The number of amides is 1. The number of aromatic nitrogens is 2. The monoisotopic (exact) mass is 407 g/mol. The lowest BCUT2D eigenvalue weighted by atomic mass is 10.2. The molecule has 9 nitrogen and oxygen atoms in total. The Morgan fingerprint density at radius 1 is 1.21 bits per heavy atom. The van der Waals surface area contributed by atoms with E-state index in [1.807, 2.05) is 43.3 Å². The van der Waals surface area contributed by atoms with Gasteiger partial charge in [0.15, 0.2) is 5.03 Å². The standard InChI is InChI=1S/C18H25N5O4S/c1-21(2)16-5-3-15(4-6-16)11-19-17(24)12-22-13-18(20-14-22)28(25,26)23-7-9-27-10-8-23/h3-6,13-14H,7-12H2,1-2H3,(H,19,24). The molecule has 10 heteroatoms. The summed E-state index contributed by atoms with van der Waals surface area (Å²) in [4.78, 5) is 18.1. The summed E-state index contributed by atoms with van der Waals surface area (Å²) in [5.41, 5.74) is 2.07. The number of anilines is 1. The largest absolute Gasteiger partial charge is 0.379 e. The first kappa shape index (κ1) is 20.3. The number of nitrogens with zero attached hydrogens (tertiary/aromatic N) is 4. The normalized spacial score (nSPS) is 15.4. The molecule has 3 rings (SSSR count). The van der Waals surface area contributed by atoms with Gasteiger partial charge in [0.25, 0.3) is 10.0 Å². The van der Waals surface area contributed by atoms with Gasteiger partial charge in [0, 0.05) is 45.6 Å². The number of morpholine rings is 1. The van der Waals surface area contributed by atoms with Crippen molar-refractivity contribution in [1.82, 2.24) is 19.2 Å². The second-order valence-electron chi connectivity index (χ2n) is 6.74. The molecule has 152 valence electrons. The average Bonchev–Trinajstić information content (AvgIpc) is 3.16. The van der Waals surface area contributed by atoms with Gasteiger partial charge in [-0.3, -0.25) is 4.79 Å². The van der Waals surface area contributed by atoms with Crippen LogP contribution in [0.1, 0.15) is 5.56 Å². The fourth-order valence-corrected chi connectivity index (χ4v) is 4.16. The number of sulfonamides is 1. The minimum absolute atomic E-state index is 0.00140. The third kappa shape index (κ3) is 4.89. The lowest BCUT2D eigenvalue weighted by Gasteiger charge is -2.24. The first-order valence-electron chi connectivity index (χ1n) is 8.99. The quantitative estimate of drug-likeness (QED) is 0.709. The highest BCUT2D eigenvalue weighted by Gasteiger charge is 2.28. The Labute approximate surface area is 165 Å². The van der Waals surface area contributed by atoms with E-state index in [9.17, 15) is 13.2 Å². The fourth-order valence-electron chi connectivity index (χ4n) is 2.81. The van der Waals surface area contributed by atoms with E-state index in [2.05, 4.69) is 10.3 Å². The van der Waals surface area contributed by atoms with Crippen LogP contribution in [0.2, 0.25) is 0 Å². The topological polar surface area (TPSA) is 96.8 Å². The van der Waals surface area contributed by atoms with Gasteiger partial charge in [0.05, 0.1) is 19.5 Å². The summed E-state index contributed by atoms with van der Waals surface area (Å²) in [6, 6.07) is 7.89. The Kier molecular flexibility index (Phi) is 6.32. The van der Waals surface area contributed by atoms with Crippen LogP contribution in [0, 0.1) is 0 Å². The van der Waals surface area contributed by atoms with Crippen LogP contribution >= 0.6 is 0 Å². The zero-order chi connectivity index (χ0) is 20.1. The number of rotatable bonds is 7. The molecule has 1 aliphatic rings. The van der Waals surface area contributed by atoms with Gasteiger partial charge in [-0.2, -0.15) is 4.31 Å². The molecule has 0 radical (unpaired) electrons. The van der Waals surface area contributed by atoms with E-state index >= 15 is 0 Å². The summed E-state index contributed by atoms with van der Waals surface area (Å²) in [6.07, 6.45) is 2.75. The van der Waals surface area contributed by atoms with E-state index in [1.54, 1.807) is 0 Å². The van der Waals surface area contributed by atoms with E-state index < -0.39 is 10.0 Å². The van der Waals surface area contributed by atoms with Crippen molar-refractivity contribution in [2.45, 2.75) is 18.1 Å². The Hall–Kier alpha value is -2.43. The minimum Gasteiger partial charge on any atom is -0.379 e. The van der Waals surface area contributed by atoms with Crippen molar-refractivity contribution in [1.29, 1.82) is 0 Å². The molecular weight excluding hydrogens is 382 g/mol. The van der Waals surface area contributed by atoms with Crippen molar-refractivity contribution in [3.63, 3.8) is 0 Å². The average molecular weight is 407 g/mol. The first-order chi connectivity index (χ1) is 13.4. The van der Waals surface area contributed by atoms with Gasteiger partial charge in [-0.1, -0.05) is 12.1 Å². The maximum Gasteiger partial charge on any atom is 0.262 e. The van der Waals surface area contributed by atoms with E-state index in [0.29, 0.717) is 32.8 Å². The van der Waals surface area contributed by atoms with Gasteiger partial charge in [0.1, 0.15) is 6.54 Å². The van der Waals surface area contributed by atoms with E-state index in [4.69, 9.17) is 4.74 Å². The van der Waals surface area contributed by atoms with Crippen molar-refractivity contribution in [2.24, 2.45) is 0 Å². The number of imidazole rings is 1. The second kappa shape index (κ2) is 8.72. The molecule has 1 amide bonds. The number of benzene rings is 1. The van der Waals surface area contributed by atoms with Crippen LogP contribution in [0.5, 0.6) is 0 Å². The molecule has 0 bridgehead atoms. The number of nitrogens with one attached hydrogen (secondary N) is 1. The van der Waals surface area contributed by atoms with Gasteiger partial charge < -0.3 is 19.5 Å². The van der Waals surface area contributed by atoms with Gasteiger partial charge in [0.2, 0.25) is 5.91 Å². The smallest absolute Gasteiger partial charge is 0.262 e. The number of carbonyl (C=O) groups excluding carboxylic acids is 1. The minimum atomic E-state index is -3.66. The van der Waals surface area contributed by atoms with Crippen molar-refractivity contribution in [3.05, 3.63) is 42.4 Å². The molecule has 0 aliphatic carbocycles. The predicted octanol–water partition coefficient (Wildman–Crippen LogP) is 0.286. The molecule has 1 fully saturated rings. The highest BCUT2D eigenvalue weighted by atomic mass is 32.2. The first-order valence-corrected chi connectivity index (χ1v) is 10.4. The summed E-state index contributed by atoms with van der Waals surface area (Å²) in [5, 5.41) is 2.78. The van der Waals surface area contributed by atoms with Crippen LogP contribution in [0.15, 0.2) is 41.8 Å². The molecule has 1 aromatic carbocycles. The van der Waals surface area contributed by atoms with Gasteiger partial charge in [-0.15, -0.1) is 0 Å². The predicted molar refractivity (Wildman–Crippen MR) is 104 cm³/mol. The number of carbonyl (C=O) groups is 1. The van der Waals surface area contributed by atoms with E-state index in [1.165, 1.54) is 21.4 Å². The molecule has 1 aromatic heterocycles. The van der Waals surface area contributed by atoms with Crippen molar-refractivity contribution >= 4 is 21.6 Å². The fraction of sp³-hybridized carbons (Fsp3) is 0.444. The van der Waals surface area contributed by atoms with Crippen molar-refractivity contribution in [2.75, 3.05) is 45.3 Å². The van der Waals surface area contributed by atoms with Crippen molar-refractivity contribution in [3.8, 4) is 0 Å². The second-order valence-corrected chi connectivity index (χ2v) is 8.62. The van der Waals surface area contributed by atoms with Crippen LogP contribution in [0.3, 0.4) is 0 Å². The highest BCUT2D eigenvalue weighted by molar-refractivity contribution is 7.89. The van der Waals surface area contributed by atoms with Crippen LogP contribution in [0.4, 0.5) is 5.69 Å². The van der Waals surface area contributed by atoms with Gasteiger partial charge >= 0.3 is 0 Å².